The summed E-state index contributed by atoms with van der Waals surface area (Å²) in [4.78, 5) is 26.4. The average Bonchev–Trinajstić information content (AvgIpc) is 2.29. The zero-order valence-electron chi connectivity index (χ0n) is 10.7. The molecule has 1 saturated heterocycles. The summed E-state index contributed by atoms with van der Waals surface area (Å²) < 4.78 is 5.00. The van der Waals surface area contributed by atoms with Crippen molar-refractivity contribution in [3.05, 3.63) is 0 Å². The Morgan fingerprint density at radius 2 is 1.94 bits per heavy atom. The van der Waals surface area contributed by atoms with Crippen molar-refractivity contribution in [2.45, 2.75) is 20.0 Å². The van der Waals surface area contributed by atoms with E-state index in [1.165, 1.54) is 4.90 Å². The lowest BCUT2D eigenvalue weighted by Gasteiger charge is -2.29. The fourth-order valence-electron chi connectivity index (χ4n) is 1.57. The van der Waals surface area contributed by atoms with Gasteiger partial charge >= 0.3 is 6.09 Å². The van der Waals surface area contributed by atoms with E-state index in [1.807, 2.05) is 0 Å². The van der Waals surface area contributed by atoms with Gasteiger partial charge in [0, 0.05) is 33.2 Å². The van der Waals surface area contributed by atoms with Crippen LogP contribution in [0.1, 0.15) is 13.8 Å². The van der Waals surface area contributed by atoms with Gasteiger partial charge in [-0.15, -0.1) is 0 Å². The molecular weight excluding hydrogens is 222 g/mol. The molecule has 0 bridgehead atoms. The number of hydrogen-bond donors (Lipinski definition) is 1. The third-order valence-corrected chi connectivity index (χ3v) is 2.49. The Hall–Kier alpha value is -1.30. The minimum absolute atomic E-state index is 0.0327. The van der Waals surface area contributed by atoms with E-state index in [2.05, 4.69) is 5.32 Å². The second kappa shape index (κ2) is 6.44. The van der Waals surface area contributed by atoms with Gasteiger partial charge in [0.15, 0.2) is 0 Å². The van der Waals surface area contributed by atoms with E-state index in [1.54, 1.807) is 25.8 Å². The molecule has 6 nitrogen and oxygen atoms in total. The topological polar surface area (TPSA) is 61.9 Å². The Labute approximate surface area is 102 Å². The molecule has 0 aromatic carbocycles. The van der Waals surface area contributed by atoms with Crippen LogP contribution in [0.15, 0.2) is 0 Å². The van der Waals surface area contributed by atoms with Crippen LogP contribution in [0.25, 0.3) is 0 Å². The monoisotopic (exact) mass is 243 g/mol. The van der Waals surface area contributed by atoms with Crippen LogP contribution in [0.5, 0.6) is 0 Å². The normalized spacial score (nSPS) is 15.9. The zero-order valence-corrected chi connectivity index (χ0v) is 10.7. The van der Waals surface area contributed by atoms with Gasteiger partial charge < -0.3 is 19.9 Å². The van der Waals surface area contributed by atoms with E-state index in [0.717, 1.165) is 13.1 Å². The van der Waals surface area contributed by atoms with Crippen LogP contribution in [0.3, 0.4) is 0 Å². The number of nitrogens with one attached hydrogen (secondary N) is 1. The summed E-state index contributed by atoms with van der Waals surface area (Å²) >= 11 is 0. The molecular formula is C11H21N3O3. The predicted molar refractivity (Wildman–Crippen MR) is 63.7 cm³/mol. The lowest BCUT2D eigenvalue weighted by molar-refractivity contribution is -0.132. The molecule has 0 aromatic rings. The van der Waals surface area contributed by atoms with Crippen molar-refractivity contribution in [1.29, 1.82) is 0 Å². The molecule has 6 heteroatoms. The number of likely N-dealkylation sites (N-methyl/N-ethyl adjacent to an activating group) is 1. The molecule has 0 spiro atoms. The first kappa shape index (κ1) is 13.8. The van der Waals surface area contributed by atoms with Crippen LogP contribution in [0.2, 0.25) is 0 Å². The molecule has 1 heterocycles. The average molecular weight is 243 g/mol. The van der Waals surface area contributed by atoms with Crippen molar-refractivity contribution in [1.82, 2.24) is 15.1 Å². The first-order chi connectivity index (χ1) is 8.00. The first-order valence-electron chi connectivity index (χ1n) is 5.91. The Morgan fingerprint density at radius 1 is 1.35 bits per heavy atom. The van der Waals surface area contributed by atoms with Gasteiger partial charge in [0.1, 0.15) is 6.54 Å². The van der Waals surface area contributed by atoms with E-state index >= 15 is 0 Å². The number of hydrogen-bond acceptors (Lipinski definition) is 4. The number of rotatable bonds is 3. The summed E-state index contributed by atoms with van der Waals surface area (Å²) in [5.41, 5.74) is 0. The maximum atomic E-state index is 11.8. The smallest absolute Gasteiger partial charge is 0.410 e. The third kappa shape index (κ3) is 4.60. The fourth-order valence-corrected chi connectivity index (χ4v) is 1.57. The molecule has 0 atom stereocenters. The molecule has 17 heavy (non-hydrogen) atoms. The lowest BCUT2D eigenvalue weighted by Crippen LogP contribution is -2.49. The van der Waals surface area contributed by atoms with Crippen LogP contribution in [-0.2, 0) is 9.53 Å². The van der Waals surface area contributed by atoms with Crippen LogP contribution in [-0.4, -0.2) is 67.7 Å². The van der Waals surface area contributed by atoms with E-state index in [-0.39, 0.29) is 18.6 Å². The maximum absolute atomic E-state index is 11.8. The molecule has 1 fully saturated rings. The van der Waals surface area contributed by atoms with Crippen molar-refractivity contribution in [3.8, 4) is 0 Å². The maximum Gasteiger partial charge on any atom is 0.410 e. The van der Waals surface area contributed by atoms with Crippen LogP contribution in [0.4, 0.5) is 4.79 Å². The Morgan fingerprint density at radius 3 is 2.47 bits per heavy atom. The molecule has 1 aliphatic rings. The van der Waals surface area contributed by atoms with E-state index < -0.39 is 6.09 Å². The van der Waals surface area contributed by atoms with Crippen molar-refractivity contribution in [2.75, 3.05) is 39.8 Å². The van der Waals surface area contributed by atoms with Gasteiger partial charge in [-0.2, -0.15) is 0 Å². The first-order valence-corrected chi connectivity index (χ1v) is 5.91. The Bertz CT molecular complexity index is 275. The number of carbonyl (C=O) groups is 2. The van der Waals surface area contributed by atoms with Crippen molar-refractivity contribution in [2.24, 2.45) is 0 Å². The second-order valence-electron chi connectivity index (χ2n) is 4.42. The quantitative estimate of drug-likeness (QED) is 0.751. The summed E-state index contributed by atoms with van der Waals surface area (Å²) in [7, 11) is 1.57. The van der Waals surface area contributed by atoms with E-state index in [9.17, 15) is 9.59 Å². The summed E-state index contributed by atoms with van der Waals surface area (Å²) in [5.74, 6) is -0.0327. The molecule has 0 aromatic heterocycles. The number of piperazine rings is 1. The largest absolute Gasteiger partial charge is 0.447 e. The predicted octanol–water partition coefficient (Wildman–Crippen LogP) is -0.105. The van der Waals surface area contributed by atoms with Crippen LogP contribution < -0.4 is 5.32 Å². The Balaban J connectivity index is 2.36. The van der Waals surface area contributed by atoms with Crippen LogP contribution >= 0.6 is 0 Å². The highest BCUT2D eigenvalue weighted by molar-refractivity contribution is 5.82. The highest BCUT2D eigenvalue weighted by Crippen LogP contribution is 1.99. The number of carbonyl (C=O) groups excluding carboxylic acids is 2. The van der Waals surface area contributed by atoms with Gasteiger partial charge in [-0.1, -0.05) is 0 Å². The minimum atomic E-state index is -0.455. The van der Waals surface area contributed by atoms with Gasteiger partial charge in [-0.25, -0.2) is 4.79 Å². The zero-order chi connectivity index (χ0) is 12.8. The van der Waals surface area contributed by atoms with Gasteiger partial charge in [0.05, 0.1) is 6.10 Å². The molecule has 1 N–H and O–H groups in total. The fraction of sp³-hybridized carbons (Fsp3) is 0.818. The van der Waals surface area contributed by atoms with E-state index in [4.69, 9.17) is 4.74 Å². The number of amides is 2. The molecule has 1 rings (SSSR count). The van der Waals surface area contributed by atoms with Crippen molar-refractivity contribution < 1.29 is 14.3 Å². The molecule has 0 aliphatic carbocycles. The van der Waals surface area contributed by atoms with Gasteiger partial charge in [0.2, 0.25) is 5.91 Å². The number of ether oxygens (including phenoxy) is 1. The van der Waals surface area contributed by atoms with Crippen LogP contribution in [0, 0.1) is 0 Å². The second-order valence-corrected chi connectivity index (χ2v) is 4.42. The molecule has 0 saturated carbocycles. The van der Waals surface area contributed by atoms with Crippen molar-refractivity contribution in [3.63, 3.8) is 0 Å². The Kier molecular flexibility index (Phi) is 5.21. The lowest BCUT2D eigenvalue weighted by atomic mass is 10.3. The summed E-state index contributed by atoms with van der Waals surface area (Å²) in [6.45, 7) is 6.66. The molecule has 0 unspecified atom stereocenters. The van der Waals surface area contributed by atoms with Gasteiger partial charge in [-0.05, 0) is 13.8 Å². The van der Waals surface area contributed by atoms with Gasteiger partial charge in [-0.3, -0.25) is 4.79 Å². The van der Waals surface area contributed by atoms with Gasteiger partial charge in [0.25, 0.3) is 0 Å². The molecule has 1 aliphatic heterocycles. The SMILES string of the molecule is CC(C)OC(=O)N(C)CC(=O)N1CCNCC1. The molecule has 98 valence electrons. The van der Waals surface area contributed by atoms with Crippen molar-refractivity contribution >= 4 is 12.0 Å². The summed E-state index contributed by atoms with van der Waals surface area (Å²) in [6.07, 6.45) is -0.622. The number of nitrogens with zero attached hydrogens (tertiary/aromatic N) is 2. The standard InChI is InChI=1S/C11H21N3O3/c1-9(2)17-11(16)13(3)8-10(15)14-6-4-12-5-7-14/h9,12H,4-8H2,1-3H3. The van der Waals surface area contributed by atoms with E-state index in [0.29, 0.717) is 13.1 Å². The molecule has 2 amide bonds. The highest BCUT2D eigenvalue weighted by Gasteiger charge is 2.20. The summed E-state index contributed by atoms with van der Waals surface area (Å²) in [5, 5.41) is 3.17. The highest BCUT2D eigenvalue weighted by atomic mass is 16.6. The molecule has 0 radical (unpaired) electrons. The minimum Gasteiger partial charge on any atom is -0.447 e. The summed E-state index contributed by atoms with van der Waals surface area (Å²) in [6, 6.07) is 0. The third-order valence-electron chi connectivity index (χ3n) is 2.49.